The number of nitrogens with zero attached hydrogens (tertiary/aromatic N) is 5. The normalized spacial score (nSPS) is 12.5. The van der Waals surface area contributed by atoms with E-state index in [1.165, 1.54) is 46.9 Å². The maximum absolute atomic E-state index is 13.0. The molecule has 0 saturated heterocycles. The maximum atomic E-state index is 13.0. The smallest absolute Gasteiger partial charge is 0.502 e. The van der Waals surface area contributed by atoms with Crippen LogP contribution in [0.5, 0.6) is 5.88 Å². The van der Waals surface area contributed by atoms with Crippen molar-refractivity contribution in [3.8, 4) is 11.7 Å². The van der Waals surface area contributed by atoms with Crippen LogP contribution in [0, 0.1) is 12.3 Å². The standard InChI is InChI=1S/C20H23BClF3N6O5S/c1-12-15(10-30(5)27-12)37(33,34)29-21(36-13(2)32)14-6-7-16(26-18(14)22)31-9-8-17(28-31)35-11-19(3,4)20(23,24)25/h6-10,29H,11H2,1-5H3. The second-order valence-corrected chi connectivity index (χ2v) is 10.7. The molecule has 3 rings (SSSR count). The summed E-state index contributed by atoms with van der Waals surface area (Å²) in [6.07, 6.45) is -1.78. The van der Waals surface area contributed by atoms with Crippen LogP contribution in [-0.4, -0.2) is 58.8 Å². The van der Waals surface area contributed by atoms with Gasteiger partial charge in [0, 0.05) is 37.9 Å². The minimum Gasteiger partial charge on any atom is -0.515 e. The summed E-state index contributed by atoms with van der Waals surface area (Å²) in [6, 6.07) is 4.12. The lowest BCUT2D eigenvalue weighted by Gasteiger charge is -2.26. The molecule has 1 N–H and O–H groups in total. The highest BCUT2D eigenvalue weighted by molar-refractivity contribution is 7.90. The number of ether oxygens (including phenoxy) is 1. The topological polar surface area (TPSA) is 130 Å². The number of carbonyl (C=O) groups excluding carboxylic acids is 1. The zero-order valence-corrected chi connectivity index (χ0v) is 21.9. The Bertz CT molecular complexity index is 1410. The van der Waals surface area contributed by atoms with Gasteiger partial charge < -0.3 is 9.39 Å². The molecule has 0 unspecified atom stereocenters. The van der Waals surface area contributed by atoms with Gasteiger partial charge in [-0.25, -0.2) is 22.7 Å². The highest BCUT2D eigenvalue weighted by Gasteiger charge is 2.48. The number of halogens is 4. The van der Waals surface area contributed by atoms with E-state index in [0.29, 0.717) is 0 Å². The van der Waals surface area contributed by atoms with Gasteiger partial charge in [0.25, 0.3) is 5.97 Å². The van der Waals surface area contributed by atoms with E-state index in [4.69, 9.17) is 21.0 Å². The van der Waals surface area contributed by atoms with Crippen molar-refractivity contribution in [2.75, 3.05) is 6.61 Å². The van der Waals surface area contributed by atoms with Crippen molar-refractivity contribution in [2.24, 2.45) is 12.5 Å². The van der Waals surface area contributed by atoms with Crippen LogP contribution in [0.1, 0.15) is 26.5 Å². The fourth-order valence-electron chi connectivity index (χ4n) is 2.97. The molecule has 37 heavy (non-hydrogen) atoms. The van der Waals surface area contributed by atoms with Crippen molar-refractivity contribution in [2.45, 2.75) is 38.8 Å². The first-order valence-corrected chi connectivity index (χ1v) is 12.5. The Labute approximate surface area is 216 Å². The Morgan fingerprint density at radius 3 is 2.43 bits per heavy atom. The molecule has 3 heterocycles. The molecule has 0 aliphatic heterocycles. The number of alkyl halides is 3. The first-order chi connectivity index (χ1) is 17.0. The summed E-state index contributed by atoms with van der Waals surface area (Å²) < 4.78 is 80.1. The molecular formula is C20H23BClF3N6O5S. The van der Waals surface area contributed by atoms with Crippen LogP contribution in [0.25, 0.3) is 5.82 Å². The minimum atomic E-state index is -4.46. The molecule has 0 bridgehead atoms. The largest absolute Gasteiger partial charge is 0.515 e. The molecule has 3 aromatic heterocycles. The molecule has 0 aliphatic carbocycles. The molecule has 0 aromatic carbocycles. The Balaban J connectivity index is 1.84. The average Bonchev–Trinajstić information content (AvgIpc) is 3.36. The van der Waals surface area contributed by atoms with Gasteiger partial charge in [-0.3, -0.25) is 9.48 Å². The minimum absolute atomic E-state index is 0.0290. The van der Waals surface area contributed by atoms with E-state index in [2.05, 4.69) is 19.8 Å². The van der Waals surface area contributed by atoms with Crippen molar-refractivity contribution >= 4 is 40.1 Å². The monoisotopic (exact) mass is 562 g/mol. The number of nitrogens with one attached hydrogen (secondary N) is 1. The van der Waals surface area contributed by atoms with E-state index in [9.17, 15) is 26.4 Å². The number of sulfonamides is 1. The van der Waals surface area contributed by atoms with Crippen LogP contribution in [0.15, 0.2) is 35.5 Å². The number of rotatable bonds is 9. The highest BCUT2D eigenvalue weighted by Crippen LogP contribution is 2.37. The maximum Gasteiger partial charge on any atom is 0.502 e. The van der Waals surface area contributed by atoms with Gasteiger partial charge in [-0.05, 0) is 26.8 Å². The third-order valence-corrected chi connectivity index (χ3v) is 6.90. The van der Waals surface area contributed by atoms with Crippen molar-refractivity contribution in [1.82, 2.24) is 29.2 Å². The molecule has 0 spiro atoms. The first kappa shape index (κ1) is 28.5. The molecule has 0 atom stereocenters. The van der Waals surface area contributed by atoms with Gasteiger partial charge in [0.05, 0.1) is 11.1 Å². The van der Waals surface area contributed by atoms with Crippen molar-refractivity contribution in [3.63, 3.8) is 0 Å². The van der Waals surface area contributed by atoms with Crippen molar-refractivity contribution in [3.05, 3.63) is 41.4 Å². The highest BCUT2D eigenvalue weighted by atomic mass is 35.5. The third-order valence-electron chi connectivity index (χ3n) is 5.10. The van der Waals surface area contributed by atoms with Gasteiger partial charge in [0.15, 0.2) is 5.82 Å². The van der Waals surface area contributed by atoms with Crippen LogP contribution >= 0.6 is 11.6 Å². The summed E-state index contributed by atoms with van der Waals surface area (Å²) in [4.78, 5) is 15.7. The molecule has 0 aliphatic rings. The molecule has 3 aromatic rings. The summed E-state index contributed by atoms with van der Waals surface area (Å²) in [5.74, 6) is -0.714. The van der Waals surface area contributed by atoms with E-state index in [1.54, 1.807) is 7.05 Å². The lowest BCUT2D eigenvalue weighted by atomic mass is 9.76. The summed E-state index contributed by atoms with van der Waals surface area (Å²) in [5.41, 5.74) is -1.83. The molecule has 17 heteroatoms. The van der Waals surface area contributed by atoms with Crippen molar-refractivity contribution < 1.29 is 35.8 Å². The predicted molar refractivity (Wildman–Crippen MR) is 127 cm³/mol. The second kappa shape index (κ2) is 10.3. The number of aryl methyl sites for hydroxylation is 2. The van der Waals surface area contributed by atoms with E-state index >= 15 is 0 Å². The third kappa shape index (κ3) is 6.61. The van der Waals surface area contributed by atoms with Gasteiger partial charge in [-0.2, -0.15) is 18.3 Å². The molecule has 0 amide bonds. The average molecular weight is 563 g/mol. The van der Waals surface area contributed by atoms with E-state index in [0.717, 1.165) is 20.8 Å². The predicted octanol–water partition coefficient (Wildman–Crippen LogP) is 2.17. The van der Waals surface area contributed by atoms with Gasteiger partial charge >= 0.3 is 13.2 Å². The lowest BCUT2D eigenvalue weighted by Crippen LogP contribution is -2.51. The Morgan fingerprint density at radius 2 is 1.89 bits per heavy atom. The van der Waals surface area contributed by atoms with Crippen LogP contribution in [0.2, 0.25) is 5.15 Å². The molecule has 200 valence electrons. The van der Waals surface area contributed by atoms with Gasteiger partial charge in [0.2, 0.25) is 15.9 Å². The first-order valence-electron chi connectivity index (χ1n) is 10.6. The van der Waals surface area contributed by atoms with E-state index in [1.807, 2.05) is 0 Å². The number of aromatic nitrogens is 5. The molecule has 0 radical (unpaired) electrons. The van der Waals surface area contributed by atoms with Gasteiger partial charge in [-0.15, -0.1) is 5.10 Å². The summed E-state index contributed by atoms with van der Waals surface area (Å²) in [5, 5.41) is 7.82. The van der Waals surface area contributed by atoms with Gasteiger partial charge in [-0.1, -0.05) is 17.7 Å². The van der Waals surface area contributed by atoms with E-state index < -0.39 is 41.2 Å². The number of hydrogen-bond donors (Lipinski definition) is 1. The lowest BCUT2D eigenvalue weighted by molar-refractivity contribution is -0.219. The zero-order valence-electron chi connectivity index (χ0n) is 20.4. The molecule has 0 saturated carbocycles. The van der Waals surface area contributed by atoms with Crippen LogP contribution < -0.4 is 14.8 Å². The summed E-state index contributed by atoms with van der Waals surface area (Å²) in [7, 11) is -4.14. The SMILES string of the molecule is CC(=O)OB(NS(=O)(=O)c1cn(C)nc1C)c1ccc(-n2ccc(OCC(C)(C)C(F)(F)F)n2)nc1Cl. The fourth-order valence-corrected chi connectivity index (χ4v) is 4.52. The Kier molecular flexibility index (Phi) is 7.95. The van der Waals surface area contributed by atoms with Crippen LogP contribution in [0.3, 0.4) is 0 Å². The van der Waals surface area contributed by atoms with Crippen LogP contribution in [-0.2, 0) is 26.5 Å². The number of hydrogen-bond acceptors (Lipinski definition) is 8. The number of carbonyl (C=O) groups is 1. The summed E-state index contributed by atoms with van der Waals surface area (Å²) in [6.45, 7) is 3.96. The number of pyridine rings is 1. The molecular weight excluding hydrogens is 540 g/mol. The van der Waals surface area contributed by atoms with Crippen molar-refractivity contribution in [1.29, 1.82) is 0 Å². The van der Waals surface area contributed by atoms with Crippen LogP contribution in [0.4, 0.5) is 13.2 Å². The van der Waals surface area contributed by atoms with Gasteiger partial charge in [0.1, 0.15) is 16.7 Å². The quantitative estimate of drug-likeness (QED) is 0.310. The Hall–Kier alpha value is -3.11. The second-order valence-electron chi connectivity index (χ2n) is 8.68. The molecule has 11 nitrogen and oxygen atoms in total. The van der Waals surface area contributed by atoms with E-state index in [-0.39, 0.29) is 32.9 Å². The fraction of sp³-hybridized carbons (Fsp3) is 0.400. The molecule has 0 fully saturated rings. The zero-order chi connectivity index (χ0) is 27.8. The summed E-state index contributed by atoms with van der Waals surface area (Å²) >= 11 is 6.29. The Morgan fingerprint density at radius 1 is 1.22 bits per heavy atom.